The van der Waals surface area contributed by atoms with Crippen LogP contribution in [-0.4, -0.2) is 6.54 Å². The SMILES string of the molecule is CCCC(C)C(NCC)c1ccc(Br)cc1F. The van der Waals surface area contributed by atoms with E-state index in [1.165, 1.54) is 0 Å². The number of rotatable bonds is 6. The minimum absolute atomic E-state index is 0.105. The molecule has 0 aliphatic heterocycles. The van der Waals surface area contributed by atoms with Crippen LogP contribution >= 0.6 is 15.9 Å². The number of hydrogen-bond acceptors (Lipinski definition) is 1. The zero-order valence-corrected chi connectivity index (χ0v) is 12.3. The summed E-state index contributed by atoms with van der Waals surface area (Å²) >= 11 is 3.29. The number of halogens is 2. The molecule has 1 aromatic carbocycles. The second-order valence-corrected chi connectivity index (χ2v) is 5.38. The molecule has 0 saturated carbocycles. The van der Waals surface area contributed by atoms with Crippen molar-refractivity contribution in [1.82, 2.24) is 5.32 Å². The predicted molar refractivity (Wildman–Crippen MR) is 74.6 cm³/mol. The van der Waals surface area contributed by atoms with Crippen LogP contribution in [0.25, 0.3) is 0 Å². The fraction of sp³-hybridized carbons (Fsp3) is 0.571. The Morgan fingerprint density at radius 3 is 2.59 bits per heavy atom. The zero-order chi connectivity index (χ0) is 12.8. The van der Waals surface area contributed by atoms with E-state index in [1.54, 1.807) is 6.07 Å². The Morgan fingerprint density at radius 1 is 1.35 bits per heavy atom. The lowest BCUT2D eigenvalue weighted by atomic mass is 9.90. The van der Waals surface area contributed by atoms with Gasteiger partial charge >= 0.3 is 0 Å². The molecule has 1 nitrogen and oxygen atoms in total. The van der Waals surface area contributed by atoms with Gasteiger partial charge in [0.05, 0.1) is 0 Å². The maximum absolute atomic E-state index is 14.0. The Hall–Kier alpha value is -0.410. The molecule has 0 aliphatic carbocycles. The van der Waals surface area contributed by atoms with Crippen LogP contribution in [0, 0.1) is 11.7 Å². The van der Waals surface area contributed by atoms with E-state index in [2.05, 4.69) is 42.0 Å². The van der Waals surface area contributed by atoms with Crippen LogP contribution in [0.4, 0.5) is 4.39 Å². The summed E-state index contributed by atoms with van der Waals surface area (Å²) in [7, 11) is 0. The molecule has 0 spiro atoms. The van der Waals surface area contributed by atoms with Gasteiger partial charge in [-0.3, -0.25) is 0 Å². The molecular weight excluding hydrogens is 281 g/mol. The van der Waals surface area contributed by atoms with E-state index in [0.717, 1.165) is 29.4 Å². The van der Waals surface area contributed by atoms with Crippen LogP contribution in [0.5, 0.6) is 0 Å². The third kappa shape index (κ3) is 4.07. The minimum atomic E-state index is -0.131. The van der Waals surface area contributed by atoms with E-state index in [9.17, 15) is 4.39 Å². The summed E-state index contributed by atoms with van der Waals surface area (Å²) in [6.07, 6.45) is 2.23. The number of hydrogen-bond donors (Lipinski definition) is 1. The molecule has 1 aromatic rings. The highest BCUT2D eigenvalue weighted by Gasteiger charge is 2.20. The van der Waals surface area contributed by atoms with Crippen LogP contribution < -0.4 is 5.32 Å². The zero-order valence-electron chi connectivity index (χ0n) is 10.8. The summed E-state index contributed by atoms with van der Waals surface area (Å²) in [5.41, 5.74) is 0.774. The largest absolute Gasteiger partial charge is 0.310 e. The summed E-state index contributed by atoms with van der Waals surface area (Å²) in [4.78, 5) is 0. The monoisotopic (exact) mass is 301 g/mol. The van der Waals surface area contributed by atoms with Crippen molar-refractivity contribution >= 4 is 15.9 Å². The average molecular weight is 302 g/mol. The lowest BCUT2D eigenvalue weighted by Crippen LogP contribution is -2.27. The first-order valence-electron chi connectivity index (χ1n) is 6.28. The molecule has 0 bridgehead atoms. The molecule has 17 heavy (non-hydrogen) atoms. The van der Waals surface area contributed by atoms with Gasteiger partial charge < -0.3 is 5.32 Å². The van der Waals surface area contributed by atoms with E-state index in [-0.39, 0.29) is 11.9 Å². The van der Waals surface area contributed by atoms with Crippen molar-refractivity contribution in [2.24, 2.45) is 5.92 Å². The number of nitrogens with one attached hydrogen (secondary N) is 1. The smallest absolute Gasteiger partial charge is 0.129 e. The molecule has 0 aromatic heterocycles. The third-order valence-electron chi connectivity index (χ3n) is 3.03. The molecule has 3 heteroatoms. The van der Waals surface area contributed by atoms with Crippen LogP contribution in [0.15, 0.2) is 22.7 Å². The Balaban J connectivity index is 2.96. The number of benzene rings is 1. The van der Waals surface area contributed by atoms with E-state index < -0.39 is 0 Å². The molecule has 1 N–H and O–H groups in total. The predicted octanol–water partition coefficient (Wildman–Crippen LogP) is 4.68. The first-order chi connectivity index (χ1) is 8.10. The highest BCUT2D eigenvalue weighted by atomic mass is 79.9. The summed E-state index contributed by atoms with van der Waals surface area (Å²) < 4.78 is 14.7. The van der Waals surface area contributed by atoms with E-state index in [4.69, 9.17) is 0 Å². The van der Waals surface area contributed by atoms with Crippen LogP contribution in [0.1, 0.15) is 45.2 Å². The third-order valence-corrected chi connectivity index (χ3v) is 3.53. The summed E-state index contributed by atoms with van der Waals surface area (Å²) in [5.74, 6) is 0.309. The molecule has 0 heterocycles. The summed E-state index contributed by atoms with van der Waals surface area (Å²) in [5, 5.41) is 3.39. The maximum Gasteiger partial charge on any atom is 0.129 e. The van der Waals surface area contributed by atoms with Crippen LogP contribution in [0.2, 0.25) is 0 Å². The topological polar surface area (TPSA) is 12.0 Å². The first-order valence-corrected chi connectivity index (χ1v) is 7.07. The van der Waals surface area contributed by atoms with Gasteiger partial charge in [0.2, 0.25) is 0 Å². The maximum atomic E-state index is 14.0. The fourth-order valence-corrected chi connectivity index (χ4v) is 2.55. The van der Waals surface area contributed by atoms with E-state index in [0.29, 0.717) is 5.92 Å². The molecular formula is C14H21BrFN. The van der Waals surface area contributed by atoms with Gasteiger partial charge in [-0.2, -0.15) is 0 Å². The Bertz CT molecular complexity index is 354. The molecule has 0 saturated heterocycles. The van der Waals surface area contributed by atoms with Crippen molar-refractivity contribution < 1.29 is 4.39 Å². The lowest BCUT2D eigenvalue weighted by molar-refractivity contribution is 0.358. The highest BCUT2D eigenvalue weighted by molar-refractivity contribution is 9.10. The quantitative estimate of drug-likeness (QED) is 0.805. The van der Waals surface area contributed by atoms with Gasteiger partial charge in [-0.05, 0) is 31.0 Å². The van der Waals surface area contributed by atoms with Crippen molar-refractivity contribution in [3.05, 3.63) is 34.1 Å². The molecule has 1 rings (SSSR count). The van der Waals surface area contributed by atoms with Gasteiger partial charge in [-0.1, -0.05) is 49.2 Å². The van der Waals surface area contributed by atoms with Gasteiger partial charge in [0.15, 0.2) is 0 Å². The Labute approximate surface area is 112 Å². The standard InChI is InChI=1S/C14H21BrFN/c1-4-6-10(3)14(17-5-2)12-8-7-11(15)9-13(12)16/h7-10,14,17H,4-6H2,1-3H3. The molecule has 0 amide bonds. The lowest BCUT2D eigenvalue weighted by Gasteiger charge is -2.25. The molecule has 0 aliphatic rings. The van der Waals surface area contributed by atoms with Gasteiger partial charge in [0.1, 0.15) is 5.82 Å². The molecule has 0 radical (unpaired) electrons. The van der Waals surface area contributed by atoms with Gasteiger partial charge in [0, 0.05) is 16.1 Å². The molecule has 2 unspecified atom stereocenters. The van der Waals surface area contributed by atoms with Crippen molar-refractivity contribution in [1.29, 1.82) is 0 Å². The van der Waals surface area contributed by atoms with Gasteiger partial charge in [-0.15, -0.1) is 0 Å². The molecule has 96 valence electrons. The van der Waals surface area contributed by atoms with Gasteiger partial charge in [0.25, 0.3) is 0 Å². The molecule has 0 fully saturated rings. The minimum Gasteiger partial charge on any atom is -0.310 e. The van der Waals surface area contributed by atoms with Crippen molar-refractivity contribution in [3.63, 3.8) is 0 Å². The van der Waals surface area contributed by atoms with E-state index in [1.807, 2.05) is 12.1 Å². The average Bonchev–Trinajstić information content (AvgIpc) is 2.27. The first kappa shape index (κ1) is 14.7. The summed E-state index contributed by atoms with van der Waals surface area (Å²) in [6, 6.07) is 5.42. The normalized spacial score (nSPS) is 14.6. The van der Waals surface area contributed by atoms with Gasteiger partial charge in [-0.25, -0.2) is 4.39 Å². The van der Waals surface area contributed by atoms with Crippen molar-refractivity contribution in [2.45, 2.75) is 39.7 Å². The Kier molecular flexibility index (Phi) is 6.14. The van der Waals surface area contributed by atoms with E-state index >= 15 is 0 Å². The highest BCUT2D eigenvalue weighted by Crippen LogP contribution is 2.28. The van der Waals surface area contributed by atoms with Crippen molar-refractivity contribution in [3.8, 4) is 0 Å². The molecule has 2 atom stereocenters. The second-order valence-electron chi connectivity index (χ2n) is 4.47. The Morgan fingerprint density at radius 2 is 2.06 bits per heavy atom. The van der Waals surface area contributed by atoms with Crippen LogP contribution in [-0.2, 0) is 0 Å². The summed E-state index contributed by atoms with van der Waals surface area (Å²) in [6.45, 7) is 7.26. The van der Waals surface area contributed by atoms with Crippen molar-refractivity contribution in [2.75, 3.05) is 6.54 Å². The second kappa shape index (κ2) is 7.12. The van der Waals surface area contributed by atoms with Crippen LogP contribution in [0.3, 0.4) is 0 Å². The fourth-order valence-electron chi connectivity index (χ4n) is 2.21.